The molecule has 1 aromatic carbocycles. The topological polar surface area (TPSA) is 63.3 Å². The lowest BCUT2D eigenvalue weighted by atomic mass is 10.3. The molecule has 4 nitrogen and oxygen atoms in total. The number of nitrogens with zero attached hydrogens (tertiary/aromatic N) is 1. The van der Waals surface area contributed by atoms with Crippen LogP contribution in [0.25, 0.3) is 11.1 Å². The monoisotopic (exact) mass is 227 g/mol. The quantitative estimate of drug-likeness (QED) is 0.872. The van der Waals surface area contributed by atoms with E-state index in [1.54, 1.807) is 0 Å². The normalized spacial score (nSPS) is 10.9. The van der Waals surface area contributed by atoms with Crippen LogP contribution in [0.1, 0.15) is 12.3 Å². The van der Waals surface area contributed by atoms with Gasteiger partial charge >= 0.3 is 5.97 Å². The average molecular weight is 227 g/mol. The average Bonchev–Trinajstić information content (AvgIpc) is 2.58. The summed E-state index contributed by atoms with van der Waals surface area (Å²) < 4.78 is 30.7. The van der Waals surface area contributed by atoms with E-state index in [1.807, 2.05) is 0 Å². The Morgan fingerprint density at radius 2 is 2.06 bits per heavy atom. The highest BCUT2D eigenvalue weighted by molar-refractivity contribution is 5.73. The number of carboxylic acid groups (broad SMARTS) is 1. The number of aryl methyl sites for hydroxylation is 1. The first-order valence-corrected chi connectivity index (χ1v) is 4.52. The van der Waals surface area contributed by atoms with E-state index in [4.69, 9.17) is 9.52 Å². The van der Waals surface area contributed by atoms with E-state index in [1.165, 1.54) is 0 Å². The van der Waals surface area contributed by atoms with Crippen molar-refractivity contribution in [1.29, 1.82) is 0 Å². The summed E-state index contributed by atoms with van der Waals surface area (Å²) in [6.07, 6.45) is -0.0506. The zero-order valence-corrected chi connectivity index (χ0v) is 8.04. The molecule has 0 radical (unpaired) electrons. The number of aromatic nitrogens is 1. The molecule has 0 amide bonds. The molecule has 2 aromatic rings. The maximum Gasteiger partial charge on any atom is 0.303 e. The lowest BCUT2D eigenvalue weighted by Gasteiger charge is -1.89. The fourth-order valence-electron chi connectivity index (χ4n) is 1.29. The number of hydrogen-bond donors (Lipinski definition) is 1. The highest BCUT2D eigenvalue weighted by Crippen LogP contribution is 2.19. The van der Waals surface area contributed by atoms with E-state index < -0.39 is 17.6 Å². The largest absolute Gasteiger partial charge is 0.481 e. The smallest absolute Gasteiger partial charge is 0.303 e. The second-order valence-electron chi connectivity index (χ2n) is 3.24. The summed E-state index contributed by atoms with van der Waals surface area (Å²) in [5, 5.41) is 8.45. The van der Waals surface area contributed by atoms with Gasteiger partial charge in [0.05, 0.1) is 6.42 Å². The van der Waals surface area contributed by atoms with Crippen molar-refractivity contribution in [2.24, 2.45) is 0 Å². The van der Waals surface area contributed by atoms with Gasteiger partial charge in [0.1, 0.15) is 5.52 Å². The lowest BCUT2D eigenvalue weighted by Crippen LogP contribution is -1.97. The number of benzene rings is 1. The first kappa shape index (κ1) is 10.5. The maximum atomic E-state index is 12.8. The van der Waals surface area contributed by atoms with Crippen LogP contribution < -0.4 is 0 Å². The van der Waals surface area contributed by atoms with Gasteiger partial charge in [0, 0.05) is 18.6 Å². The van der Waals surface area contributed by atoms with Crippen molar-refractivity contribution in [1.82, 2.24) is 4.98 Å². The molecule has 16 heavy (non-hydrogen) atoms. The standard InChI is InChI=1S/C10H7F2NO3/c11-5-3-7-8(4-6(5)12)16-9(13-7)1-2-10(14)15/h3-4H,1-2H2,(H,14,15). The van der Waals surface area contributed by atoms with Crippen molar-refractivity contribution in [3.63, 3.8) is 0 Å². The fraction of sp³-hybridized carbons (Fsp3) is 0.200. The van der Waals surface area contributed by atoms with Crippen molar-refractivity contribution in [3.05, 3.63) is 29.7 Å². The Hall–Kier alpha value is -1.98. The molecule has 1 aromatic heterocycles. The molecule has 84 valence electrons. The predicted octanol–water partition coefficient (Wildman–Crippen LogP) is 2.12. The van der Waals surface area contributed by atoms with Crippen LogP contribution in [0.4, 0.5) is 8.78 Å². The van der Waals surface area contributed by atoms with E-state index in [0.717, 1.165) is 12.1 Å². The van der Waals surface area contributed by atoms with E-state index >= 15 is 0 Å². The van der Waals surface area contributed by atoms with Gasteiger partial charge in [0.2, 0.25) is 0 Å². The first-order chi connectivity index (χ1) is 7.56. The van der Waals surface area contributed by atoms with Crippen LogP contribution >= 0.6 is 0 Å². The summed E-state index contributed by atoms with van der Waals surface area (Å²) >= 11 is 0. The third-order valence-corrected chi connectivity index (χ3v) is 2.03. The molecule has 2 rings (SSSR count). The van der Waals surface area contributed by atoms with Crippen LogP contribution in [-0.4, -0.2) is 16.1 Å². The molecule has 0 unspecified atom stereocenters. The zero-order valence-electron chi connectivity index (χ0n) is 8.04. The van der Waals surface area contributed by atoms with Crippen LogP contribution in [0.3, 0.4) is 0 Å². The third-order valence-electron chi connectivity index (χ3n) is 2.03. The Morgan fingerprint density at radius 3 is 2.75 bits per heavy atom. The maximum absolute atomic E-state index is 12.8. The van der Waals surface area contributed by atoms with Gasteiger partial charge in [-0.15, -0.1) is 0 Å². The van der Waals surface area contributed by atoms with E-state index in [2.05, 4.69) is 4.98 Å². The Morgan fingerprint density at radius 1 is 1.38 bits per heavy atom. The van der Waals surface area contributed by atoms with Gasteiger partial charge in [0.25, 0.3) is 0 Å². The second-order valence-corrected chi connectivity index (χ2v) is 3.24. The molecule has 0 aliphatic carbocycles. The van der Waals surface area contributed by atoms with Crippen molar-refractivity contribution in [3.8, 4) is 0 Å². The number of hydrogen-bond acceptors (Lipinski definition) is 3. The first-order valence-electron chi connectivity index (χ1n) is 4.52. The molecule has 0 aliphatic rings. The number of carboxylic acids is 1. The molecule has 0 spiro atoms. The number of fused-ring (bicyclic) bond motifs is 1. The summed E-state index contributed by atoms with van der Waals surface area (Å²) in [6.45, 7) is 0. The summed E-state index contributed by atoms with van der Waals surface area (Å²) in [7, 11) is 0. The van der Waals surface area contributed by atoms with Crippen LogP contribution in [0.5, 0.6) is 0 Å². The summed E-state index contributed by atoms with van der Waals surface area (Å²) in [5.74, 6) is -2.86. The minimum Gasteiger partial charge on any atom is -0.481 e. The van der Waals surface area contributed by atoms with E-state index in [9.17, 15) is 13.6 Å². The summed E-state index contributed by atoms with van der Waals surface area (Å²) in [6, 6.07) is 1.81. The van der Waals surface area contributed by atoms with Crippen LogP contribution in [0.2, 0.25) is 0 Å². The molecule has 0 saturated carbocycles. The number of aliphatic carboxylic acids is 1. The highest BCUT2D eigenvalue weighted by Gasteiger charge is 2.11. The third kappa shape index (κ3) is 2.00. The molecule has 6 heteroatoms. The molecular formula is C10H7F2NO3. The van der Waals surface area contributed by atoms with Gasteiger partial charge in [-0.3, -0.25) is 4.79 Å². The number of oxazole rings is 1. The lowest BCUT2D eigenvalue weighted by molar-refractivity contribution is -0.137. The summed E-state index contributed by atoms with van der Waals surface area (Å²) in [4.78, 5) is 14.2. The van der Waals surface area contributed by atoms with Crippen molar-refractivity contribution < 1.29 is 23.1 Å². The van der Waals surface area contributed by atoms with Gasteiger partial charge in [-0.1, -0.05) is 0 Å². The van der Waals surface area contributed by atoms with Crippen molar-refractivity contribution in [2.75, 3.05) is 0 Å². The van der Waals surface area contributed by atoms with Gasteiger partial charge in [0.15, 0.2) is 23.1 Å². The minimum absolute atomic E-state index is 0.0905. The van der Waals surface area contributed by atoms with E-state index in [0.29, 0.717) is 0 Å². The Bertz CT molecular complexity index is 511. The Labute approximate surface area is 88.5 Å². The molecular weight excluding hydrogens is 220 g/mol. The molecule has 1 N–H and O–H groups in total. The predicted molar refractivity (Wildman–Crippen MR) is 49.9 cm³/mol. The van der Waals surface area contributed by atoms with Gasteiger partial charge in [-0.25, -0.2) is 13.8 Å². The Balaban J connectivity index is 2.33. The van der Waals surface area contributed by atoms with Crippen LogP contribution in [0.15, 0.2) is 16.5 Å². The molecule has 1 heterocycles. The molecule has 0 fully saturated rings. The number of carbonyl (C=O) groups is 1. The summed E-state index contributed by atoms with van der Waals surface area (Å²) in [5.41, 5.74) is 0.290. The van der Waals surface area contributed by atoms with Crippen molar-refractivity contribution >= 4 is 17.1 Å². The number of halogens is 2. The van der Waals surface area contributed by atoms with Gasteiger partial charge in [-0.2, -0.15) is 0 Å². The second kappa shape index (κ2) is 3.88. The van der Waals surface area contributed by atoms with Crippen molar-refractivity contribution in [2.45, 2.75) is 12.8 Å². The SMILES string of the molecule is O=C(O)CCc1nc2cc(F)c(F)cc2o1. The molecule has 0 saturated heterocycles. The van der Waals surface area contributed by atoms with Gasteiger partial charge in [-0.05, 0) is 0 Å². The minimum atomic E-state index is -1.02. The Kier molecular flexibility index (Phi) is 2.55. The zero-order chi connectivity index (χ0) is 11.7. The molecule has 0 bridgehead atoms. The fourth-order valence-corrected chi connectivity index (χ4v) is 1.29. The van der Waals surface area contributed by atoms with Crippen LogP contribution in [-0.2, 0) is 11.2 Å². The number of rotatable bonds is 3. The van der Waals surface area contributed by atoms with Crippen LogP contribution in [0, 0.1) is 11.6 Å². The molecule has 0 atom stereocenters. The molecule has 0 aliphatic heterocycles. The van der Waals surface area contributed by atoms with E-state index in [-0.39, 0.29) is 29.8 Å². The van der Waals surface area contributed by atoms with Gasteiger partial charge < -0.3 is 9.52 Å². The highest BCUT2D eigenvalue weighted by atomic mass is 19.2.